The first-order valence-electron chi connectivity index (χ1n) is 11.2. The van der Waals surface area contributed by atoms with Crippen molar-refractivity contribution in [3.63, 3.8) is 0 Å². The molecule has 1 N–H and O–H groups in total. The number of nitrogens with zero attached hydrogens (tertiary/aromatic N) is 4. The molecule has 35 heavy (non-hydrogen) atoms. The molecule has 2 aromatic carbocycles. The second-order valence-corrected chi connectivity index (χ2v) is 9.81. The van der Waals surface area contributed by atoms with E-state index in [-0.39, 0.29) is 6.03 Å². The number of anilines is 1. The first kappa shape index (κ1) is 24.9. The van der Waals surface area contributed by atoms with E-state index in [9.17, 15) is 4.79 Å². The van der Waals surface area contributed by atoms with Crippen LogP contribution in [-0.4, -0.2) is 38.2 Å². The maximum Gasteiger partial charge on any atom is 0.322 e. The molecule has 0 aliphatic heterocycles. The normalized spacial score (nSPS) is 10.9. The average molecular weight is 504 g/mol. The van der Waals surface area contributed by atoms with Gasteiger partial charge in [0.1, 0.15) is 5.03 Å². The molecular formula is C27H29N5OS2. The van der Waals surface area contributed by atoms with Gasteiger partial charge >= 0.3 is 6.03 Å². The molecule has 0 fully saturated rings. The maximum atomic E-state index is 13.7. The lowest BCUT2D eigenvalue weighted by Gasteiger charge is -2.25. The topological polar surface area (TPSA) is 63.1 Å². The second kappa shape index (κ2) is 11.5. The summed E-state index contributed by atoms with van der Waals surface area (Å²) < 4.78 is 1.85. The van der Waals surface area contributed by atoms with Crippen LogP contribution in [0.5, 0.6) is 0 Å². The summed E-state index contributed by atoms with van der Waals surface area (Å²) in [6, 6.07) is 22.2. The number of thioether (sulfide) groups is 2. The molecule has 2 heterocycles. The number of carbonyl (C=O) groups excluding carboxylic acids is 1. The molecule has 0 aliphatic rings. The fourth-order valence-corrected chi connectivity index (χ4v) is 5.24. The van der Waals surface area contributed by atoms with Crippen LogP contribution in [0.2, 0.25) is 0 Å². The number of carbonyl (C=O) groups is 1. The van der Waals surface area contributed by atoms with Crippen molar-refractivity contribution in [1.82, 2.24) is 19.7 Å². The van der Waals surface area contributed by atoms with Crippen LogP contribution < -0.4 is 5.32 Å². The van der Waals surface area contributed by atoms with Gasteiger partial charge in [-0.2, -0.15) is 5.10 Å². The summed E-state index contributed by atoms with van der Waals surface area (Å²) in [7, 11) is 1.93. The summed E-state index contributed by atoms with van der Waals surface area (Å²) in [6.07, 6.45) is 5.78. The zero-order valence-corrected chi connectivity index (χ0v) is 22.0. The first-order chi connectivity index (χ1) is 17.0. The summed E-state index contributed by atoms with van der Waals surface area (Å²) in [5.74, 6) is 0. The van der Waals surface area contributed by atoms with E-state index in [2.05, 4.69) is 33.6 Å². The monoisotopic (exact) mass is 503 g/mol. The van der Waals surface area contributed by atoms with Crippen molar-refractivity contribution in [2.24, 2.45) is 7.05 Å². The predicted octanol–water partition coefficient (Wildman–Crippen LogP) is 6.47. The highest BCUT2D eigenvalue weighted by Gasteiger charge is 2.20. The second-order valence-electron chi connectivity index (χ2n) is 8.16. The fourth-order valence-electron chi connectivity index (χ4n) is 3.94. The van der Waals surface area contributed by atoms with Gasteiger partial charge in [-0.25, -0.2) is 9.78 Å². The Kier molecular flexibility index (Phi) is 8.15. The molecule has 180 valence electrons. The first-order valence-corrected chi connectivity index (χ1v) is 13.7. The molecular weight excluding hydrogens is 474 g/mol. The average Bonchev–Trinajstić information content (AvgIpc) is 3.31. The zero-order valence-electron chi connectivity index (χ0n) is 20.4. The quantitative estimate of drug-likeness (QED) is 0.279. The number of rotatable bonds is 8. The number of pyridine rings is 1. The van der Waals surface area contributed by atoms with Crippen molar-refractivity contribution in [2.75, 3.05) is 17.8 Å². The Morgan fingerprint density at radius 3 is 2.40 bits per heavy atom. The van der Waals surface area contributed by atoms with Gasteiger partial charge in [0.05, 0.1) is 11.4 Å². The molecule has 0 aliphatic carbocycles. The summed E-state index contributed by atoms with van der Waals surface area (Å²) in [6.45, 7) is 2.93. The molecule has 6 nitrogen and oxygen atoms in total. The van der Waals surface area contributed by atoms with Crippen molar-refractivity contribution < 1.29 is 4.79 Å². The Morgan fingerprint density at radius 2 is 1.71 bits per heavy atom. The highest BCUT2D eigenvalue weighted by molar-refractivity contribution is 7.99. The smallest absolute Gasteiger partial charge is 0.316 e. The number of nitrogens with one attached hydrogen (secondary N) is 1. The number of hydrogen-bond acceptors (Lipinski definition) is 5. The van der Waals surface area contributed by atoms with Crippen molar-refractivity contribution >= 4 is 35.2 Å². The van der Waals surface area contributed by atoms with Gasteiger partial charge in [-0.3, -0.25) is 4.68 Å². The molecule has 0 atom stereocenters. The Morgan fingerprint density at radius 1 is 0.971 bits per heavy atom. The Hall–Kier alpha value is -3.23. The van der Waals surface area contributed by atoms with Crippen LogP contribution >= 0.6 is 23.5 Å². The largest absolute Gasteiger partial charge is 0.322 e. The van der Waals surface area contributed by atoms with Gasteiger partial charge < -0.3 is 10.2 Å². The van der Waals surface area contributed by atoms with E-state index < -0.39 is 0 Å². The summed E-state index contributed by atoms with van der Waals surface area (Å²) >= 11 is 3.14. The van der Waals surface area contributed by atoms with Gasteiger partial charge in [-0.1, -0.05) is 48.5 Å². The van der Waals surface area contributed by atoms with Gasteiger partial charge in [0, 0.05) is 42.5 Å². The third kappa shape index (κ3) is 6.07. The third-order valence-electron chi connectivity index (χ3n) is 5.64. The number of aromatic nitrogens is 3. The lowest BCUT2D eigenvalue weighted by atomic mass is 10.1. The van der Waals surface area contributed by atoms with E-state index in [4.69, 9.17) is 0 Å². The summed E-state index contributed by atoms with van der Waals surface area (Å²) in [5, 5.41) is 8.27. The minimum atomic E-state index is -0.156. The lowest BCUT2D eigenvalue weighted by Crippen LogP contribution is -2.34. The van der Waals surface area contributed by atoms with Crippen LogP contribution in [0, 0.1) is 6.92 Å². The third-order valence-corrected chi connectivity index (χ3v) is 7.09. The number of amides is 2. The van der Waals surface area contributed by atoms with Crippen molar-refractivity contribution in [2.45, 2.75) is 29.9 Å². The molecule has 0 saturated carbocycles. The molecule has 4 aromatic rings. The van der Waals surface area contributed by atoms with E-state index in [0.717, 1.165) is 43.7 Å². The SMILES string of the molecule is CSc1cc(C)nc(SC)c1NC(=O)N(Cc1ccccc1)Cc1cccc(-c2ccnn2C)c1. The summed E-state index contributed by atoms with van der Waals surface area (Å²) in [5.41, 5.74) is 5.92. The molecule has 0 unspecified atom stereocenters. The van der Waals surface area contributed by atoms with E-state index in [1.807, 2.05) is 84.6 Å². The molecule has 8 heteroatoms. The number of urea groups is 1. The molecule has 0 saturated heterocycles. The molecule has 0 spiro atoms. The van der Waals surface area contributed by atoms with Crippen LogP contribution in [0.3, 0.4) is 0 Å². The van der Waals surface area contributed by atoms with Crippen LogP contribution in [0.25, 0.3) is 11.3 Å². The van der Waals surface area contributed by atoms with E-state index >= 15 is 0 Å². The molecule has 2 amide bonds. The van der Waals surface area contributed by atoms with Gasteiger partial charge in [0.15, 0.2) is 0 Å². The van der Waals surface area contributed by atoms with E-state index in [0.29, 0.717) is 13.1 Å². The minimum absolute atomic E-state index is 0.156. The Balaban J connectivity index is 1.64. The highest BCUT2D eigenvalue weighted by atomic mass is 32.2. The zero-order chi connectivity index (χ0) is 24.8. The number of benzene rings is 2. The highest BCUT2D eigenvalue weighted by Crippen LogP contribution is 2.34. The standard InChI is InChI=1S/C27H29N5OS2/c1-19-15-24(34-3)25(26(29-19)35-4)30-27(33)32(17-20-9-6-5-7-10-20)18-21-11-8-12-22(16-21)23-13-14-28-31(23)2/h5-16H,17-18H2,1-4H3,(H,30,33). The van der Waals surface area contributed by atoms with Crippen molar-refractivity contribution in [3.05, 3.63) is 89.7 Å². The van der Waals surface area contributed by atoms with Crippen LogP contribution in [0.1, 0.15) is 16.8 Å². The van der Waals surface area contributed by atoms with Crippen molar-refractivity contribution in [3.8, 4) is 11.3 Å². The predicted molar refractivity (Wildman–Crippen MR) is 146 cm³/mol. The van der Waals surface area contributed by atoms with Crippen molar-refractivity contribution in [1.29, 1.82) is 0 Å². The van der Waals surface area contributed by atoms with Crippen LogP contribution in [0.4, 0.5) is 10.5 Å². The van der Waals surface area contributed by atoms with Gasteiger partial charge in [0.2, 0.25) is 0 Å². The molecule has 4 rings (SSSR count). The Labute approximate surface area is 215 Å². The molecule has 0 radical (unpaired) electrons. The van der Waals surface area contributed by atoms with Gasteiger partial charge in [0.25, 0.3) is 0 Å². The number of hydrogen-bond donors (Lipinski definition) is 1. The van der Waals surface area contributed by atoms with Crippen LogP contribution in [0.15, 0.2) is 82.8 Å². The van der Waals surface area contributed by atoms with Crippen LogP contribution in [-0.2, 0) is 20.1 Å². The number of aryl methyl sites for hydroxylation is 2. The van der Waals surface area contributed by atoms with E-state index in [1.165, 1.54) is 11.8 Å². The van der Waals surface area contributed by atoms with Gasteiger partial charge in [-0.15, -0.1) is 23.5 Å². The maximum absolute atomic E-state index is 13.7. The lowest BCUT2D eigenvalue weighted by molar-refractivity contribution is 0.206. The fraction of sp³-hybridized carbons (Fsp3) is 0.222. The minimum Gasteiger partial charge on any atom is -0.316 e. The summed E-state index contributed by atoms with van der Waals surface area (Å²) in [4.78, 5) is 21.1. The molecule has 2 aromatic heterocycles. The molecule has 0 bridgehead atoms. The van der Waals surface area contributed by atoms with E-state index in [1.54, 1.807) is 18.0 Å². The Bertz CT molecular complexity index is 1280. The van der Waals surface area contributed by atoms with Gasteiger partial charge in [-0.05, 0) is 48.8 Å².